The van der Waals surface area contributed by atoms with Crippen LogP contribution in [0.4, 0.5) is 5.69 Å². The van der Waals surface area contributed by atoms with E-state index in [1.807, 2.05) is 13.8 Å². The fourth-order valence-electron chi connectivity index (χ4n) is 3.94. The Balaban J connectivity index is 1.86. The molecule has 0 aliphatic carbocycles. The lowest BCUT2D eigenvalue weighted by atomic mass is 10.1. The van der Waals surface area contributed by atoms with E-state index < -0.39 is 51.9 Å². The molecule has 3 N–H and O–H groups in total. The van der Waals surface area contributed by atoms with Crippen LogP contribution >= 0.6 is 35.3 Å². The summed E-state index contributed by atoms with van der Waals surface area (Å²) in [6, 6.07) is 3.57. The van der Waals surface area contributed by atoms with Crippen molar-refractivity contribution in [2.45, 2.75) is 32.6 Å². The van der Waals surface area contributed by atoms with Crippen molar-refractivity contribution in [3.8, 4) is 5.75 Å². The number of anilines is 1. The molecule has 3 heterocycles. The molecule has 2 aliphatic heterocycles. The van der Waals surface area contributed by atoms with E-state index in [1.165, 1.54) is 24.0 Å². The smallest absolute Gasteiger partial charge is 0.323 e. The SMILES string of the molecule is Cc1cc2c(cc1C)N(CC(C)S(=O)(=O)O)/C(=C/C=c1\s/c(=C3/SC(=S)N(CC(=O)O)C3=O)n(CC(=O)O)c1=O)O2. The maximum atomic E-state index is 13.2. The van der Waals surface area contributed by atoms with Gasteiger partial charge in [-0.2, -0.15) is 8.42 Å². The van der Waals surface area contributed by atoms with Gasteiger partial charge in [0.25, 0.3) is 21.6 Å². The maximum absolute atomic E-state index is 13.2. The van der Waals surface area contributed by atoms with Gasteiger partial charge in [0.1, 0.15) is 32.2 Å². The number of benzene rings is 1. The molecule has 1 amide bonds. The molecule has 4 rings (SSSR count). The van der Waals surface area contributed by atoms with Crippen molar-refractivity contribution in [3.63, 3.8) is 0 Å². The van der Waals surface area contributed by atoms with Crippen LogP contribution in [0, 0.1) is 13.8 Å². The Kier molecular flexibility index (Phi) is 8.47. The number of ether oxygens (including phenoxy) is 1. The molecule has 1 unspecified atom stereocenters. The second-order valence-corrected chi connectivity index (χ2v) is 13.7. The predicted octanol–water partition coefficient (Wildman–Crippen LogP) is 0.462. The van der Waals surface area contributed by atoms with Crippen molar-refractivity contribution < 1.29 is 42.3 Å². The van der Waals surface area contributed by atoms with Crippen molar-refractivity contribution in [1.29, 1.82) is 0 Å². The highest BCUT2D eigenvalue weighted by atomic mass is 32.2. The number of fused-ring (bicyclic) bond motifs is 1. The minimum Gasteiger partial charge on any atom is -0.480 e. The number of carbonyl (C=O) groups excluding carboxylic acids is 1. The number of nitrogens with zero attached hydrogens (tertiary/aromatic N) is 3. The van der Waals surface area contributed by atoms with E-state index in [0.717, 1.165) is 43.7 Å². The van der Waals surface area contributed by atoms with Gasteiger partial charge in [-0.15, -0.1) is 11.3 Å². The number of thiocarbonyl (C=S) groups is 1. The molecule has 1 atom stereocenters. The van der Waals surface area contributed by atoms with Crippen LogP contribution in [0.5, 0.6) is 5.75 Å². The third kappa shape index (κ3) is 6.23. The summed E-state index contributed by atoms with van der Waals surface area (Å²) in [5.74, 6) is -2.83. The molecule has 1 aromatic heterocycles. The zero-order chi connectivity index (χ0) is 30.4. The number of carboxylic acids is 2. The van der Waals surface area contributed by atoms with Gasteiger partial charge in [-0.3, -0.25) is 33.2 Å². The predicted molar refractivity (Wildman–Crippen MR) is 156 cm³/mol. The normalized spacial score (nSPS) is 18.7. The number of aromatic nitrogens is 1. The Morgan fingerprint density at radius 1 is 1.07 bits per heavy atom. The monoisotopic (exact) mass is 641 g/mol. The fraction of sp³-hybridized carbons (Fsp3) is 0.292. The Hall–Kier alpha value is -3.51. The van der Waals surface area contributed by atoms with Crippen LogP contribution in [0.3, 0.4) is 0 Å². The second kappa shape index (κ2) is 11.4. The summed E-state index contributed by atoms with van der Waals surface area (Å²) in [5, 5.41) is 17.3. The van der Waals surface area contributed by atoms with E-state index in [0.29, 0.717) is 11.4 Å². The summed E-state index contributed by atoms with van der Waals surface area (Å²) in [4.78, 5) is 51.2. The van der Waals surface area contributed by atoms with Gasteiger partial charge < -0.3 is 19.8 Å². The average Bonchev–Trinajstić information content (AvgIpc) is 3.44. The summed E-state index contributed by atoms with van der Waals surface area (Å²) < 4.78 is 39.9. The van der Waals surface area contributed by atoms with E-state index in [-0.39, 0.29) is 30.8 Å². The number of allylic oxidation sites excluding steroid dienone is 1. The van der Waals surface area contributed by atoms with Crippen molar-refractivity contribution >= 4 is 84.3 Å². The third-order valence-electron chi connectivity index (χ3n) is 6.21. The summed E-state index contributed by atoms with van der Waals surface area (Å²) >= 11 is 6.69. The summed E-state index contributed by atoms with van der Waals surface area (Å²) in [7, 11) is -4.38. The van der Waals surface area contributed by atoms with Crippen LogP contribution in [0.15, 0.2) is 28.9 Å². The van der Waals surface area contributed by atoms with Crippen molar-refractivity contribution in [2.24, 2.45) is 0 Å². The van der Waals surface area contributed by atoms with Crippen LogP contribution < -0.4 is 24.4 Å². The third-order valence-corrected chi connectivity index (χ3v) is 10.1. The Morgan fingerprint density at radius 3 is 2.32 bits per heavy atom. The standard InChI is InChI=1S/C24H23N3O10S4/c1-11-6-14-15(7-12(11)2)37-17(25(14)8-13(3)41(34,35)36)5-4-16-21(32)26(9-18(28)29)23(39-16)20-22(33)27(10-19(30)31)24(38)40-20/h4-7,13H,8-10H2,1-3H3,(H,28,29)(H,30,31)(H,34,35,36)/b16-4-,17-5-,23-20+. The second-order valence-electron chi connectivity index (χ2n) is 9.15. The molecule has 1 fully saturated rings. The zero-order valence-electron chi connectivity index (χ0n) is 21.7. The molecular weight excluding hydrogens is 619 g/mol. The molecule has 17 heteroatoms. The molecule has 2 aliphatic rings. The van der Waals surface area contributed by atoms with Crippen LogP contribution in [0.2, 0.25) is 0 Å². The van der Waals surface area contributed by atoms with Gasteiger partial charge in [-0.05, 0) is 50.1 Å². The number of carbonyl (C=O) groups is 3. The first-order chi connectivity index (χ1) is 19.1. The van der Waals surface area contributed by atoms with Crippen LogP contribution in [-0.2, 0) is 31.0 Å². The number of thiazole rings is 1. The minimum absolute atomic E-state index is 0.00832. The highest BCUT2D eigenvalue weighted by Crippen LogP contribution is 2.41. The van der Waals surface area contributed by atoms with E-state index in [4.69, 9.17) is 22.1 Å². The van der Waals surface area contributed by atoms with Gasteiger partial charge >= 0.3 is 11.9 Å². The molecule has 41 heavy (non-hydrogen) atoms. The molecule has 0 saturated carbocycles. The number of aryl methyl sites for hydroxylation is 2. The molecule has 0 radical (unpaired) electrons. The van der Waals surface area contributed by atoms with Crippen LogP contribution in [-0.4, -0.2) is 73.2 Å². The van der Waals surface area contributed by atoms with E-state index >= 15 is 0 Å². The van der Waals surface area contributed by atoms with Gasteiger partial charge in [-0.25, -0.2) is 0 Å². The van der Waals surface area contributed by atoms with Gasteiger partial charge in [0.2, 0.25) is 5.88 Å². The first-order valence-corrected chi connectivity index (χ1v) is 15.3. The Morgan fingerprint density at radius 2 is 1.71 bits per heavy atom. The summed E-state index contributed by atoms with van der Waals surface area (Å²) in [6.07, 6.45) is 2.75. The van der Waals surface area contributed by atoms with Crippen LogP contribution in [0.1, 0.15) is 18.1 Å². The zero-order valence-corrected chi connectivity index (χ0v) is 24.9. The number of rotatable bonds is 8. The first kappa shape index (κ1) is 30.4. The van der Waals surface area contributed by atoms with E-state index in [9.17, 15) is 37.3 Å². The van der Waals surface area contributed by atoms with E-state index in [1.54, 1.807) is 12.1 Å². The first-order valence-electron chi connectivity index (χ1n) is 11.7. The Labute approximate surface area is 246 Å². The lowest BCUT2D eigenvalue weighted by molar-refractivity contribution is -0.140. The highest BCUT2D eigenvalue weighted by Gasteiger charge is 2.36. The molecule has 13 nitrogen and oxygen atoms in total. The lowest BCUT2D eigenvalue weighted by Gasteiger charge is -2.21. The number of aliphatic carboxylic acids is 2. The van der Waals surface area contributed by atoms with Crippen molar-refractivity contribution in [1.82, 2.24) is 9.47 Å². The average molecular weight is 642 g/mol. The maximum Gasteiger partial charge on any atom is 0.323 e. The fourth-order valence-corrected chi connectivity index (χ4v) is 6.74. The molecule has 1 saturated heterocycles. The van der Waals surface area contributed by atoms with Crippen molar-refractivity contribution in [2.75, 3.05) is 18.0 Å². The summed E-state index contributed by atoms with van der Waals surface area (Å²) in [6.45, 7) is 3.44. The number of amides is 1. The quantitative estimate of drug-likeness (QED) is 0.267. The molecule has 1 aromatic carbocycles. The molecule has 218 valence electrons. The molecule has 2 aromatic rings. The number of hydrogen-bond donors (Lipinski definition) is 3. The minimum atomic E-state index is -4.38. The largest absolute Gasteiger partial charge is 0.480 e. The highest BCUT2D eigenvalue weighted by molar-refractivity contribution is 8.30. The van der Waals surface area contributed by atoms with Crippen LogP contribution in [0.25, 0.3) is 11.0 Å². The van der Waals surface area contributed by atoms with Gasteiger partial charge in [-0.1, -0.05) is 24.0 Å². The van der Waals surface area contributed by atoms with E-state index in [2.05, 4.69) is 0 Å². The lowest BCUT2D eigenvalue weighted by Crippen LogP contribution is -2.36. The molecule has 0 bridgehead atoms. The number of hydrogen-bond acceptors (Lipinski definition) is 11. The topological polar surface area (TPSA) is 184 Å². The molecule has 0 spiro atoms. The summed E-state index contributed by atoms with van der Waals surface area (Å²) in [5.41, 5.74) is 1.65. The Bertz CT molecular complexity index is 1820. The number of carboxylic acid groups (broad SMARTS) is 2. The van der Waals surface area contributed by atoms with Gasteiger partial charge in [0.15, 0.2) is 5.75 Å². The number of thioether (sulfide) groups is 1. The molecular formula is C24H23N3O10S4. The van der Waals surface area contributed by atoms with Gasteiger partial charge in [0, 0.05) is 12.6 Å². The van der Waals surface area contributed by atoms with Gasteiger partial charge in [0.05, 0.1) is 10.2 Å². The van der Waals surface area contributed by atoms with Crippen molar-refractivity contribution in [3.05, 3.63) is 54.8 Å².